The Bertz CT molecular complexity index is 611. The Morgan fingerprint density at radius 1 is 1.21 bits per heavy atom. The molecule has 0 aliphatic carbocycles. The van der Waals surface area contributed by atoms with E-state index in [0.29, 0.717) is 0 Å². The SMILES string of the molecule is CC(=O)N1CCN(c2cccc3cnn(C)c23)CC1. The lowest BCUT2D eigenvalue weighted by molar-refractivity contribution is -0.129. The van der Waals surface area contributed by atoms with Gasteiger partial charge in [0, 0.05) is 45.5 Å². The number of fused-ring (bicyclic) bond motifs is 1. The van der Waals surface area contributed by atoms with Crippen LogP contribution in [0.2, 0.25) is 0 Å². The molecule has 5 heteroatoms. The van der Waals surface area contributed by atoms with Gasteiger partial charge in [-0.1, -0.05) is 12.1 Å². The molecule has 0 atom stereocenters. The number of carbonyl (C=O) groups is 1. The van der Waals surface area contributed by atoms with Gasteiger partial charge in [-0.2, -0.15) is 5.10 Å². The molecule has 19 heavy (non-hydrogen) atoms. The van der Waals surface area contributed by atoms with Gasteiger partial charge >= 0.3 is 0 Å². The number of nitrogens with zero attached hydrogens (tertiary/aromatic N) is 4. The van der Waals surface area contributed by atoms with E-state index in [-0.39, 0.29) is 5.91 Å². The van der Waals surface area contributed by atoms with Crippen LogP contribution in [0.15, 0.2) is 24.4 Å². The summed E-state index contributed by atoms with van der Waals surface area (Å²) < 4.78 is 1.92. The fourth-order valence-electron chi connectivity index (χ4n) is 2.73. The minimum absolute atomic E-state index is 0.165. The van der Waals surface area contributed by atoms with Crippen molar-refractivity contribution in [1.29, 1.82) is 0 Å². The second-order valence-electron chi connectivity index (χ2n) is 4.98. The number of rotatable bonds is 1. The highest BCUT2D eigenvalue weighted by Gasteiger charge is 2.20. The van der Waals surface area contributed by atoms with Crippen molar-refractivity contribution < 1.29 is 4.79 Å². The largest absolute Gasteiger partial charge is 0.366 e. The van der Waals surface area contributed by atoms with Crippen LogP contribution in [0.3, 0.4) is 0 Å². The molecule has 0 radical (unpaired) electrons. The van der Waals surface area contributed by atoms with Crippen LogP contribution in [0.1, 0.15) is 6.92 Å². The van der Waals surface area contributed by atoms with Crippen molar-refractivity contribution >= 4 is 22.5 Å². The summed E-state index contributed by atoms with van der Waals surface area (Å²) in [5, 5.41) is 5.48. The van der Waals surface area contributed by atoms with Crippen molar-refractivity contribution in [2.45, 2.75) is 6.92 Å². The predicted octanol–water partition coefficient (Wildman–Crippen LogP) is 1.24. The standard InChI is InChI=1S/C14H18N4O/c1-11(19)17-6-8-18(9-7-17)13-5-3-4-12-10-15-16(2)14(12)13/h3-5,10H,6-9H2,1-2H3. The van der Waals surface area contributed by atoms with Crippen LogP contribution >= 0.6 is 0 Å². The van der Waals surface area contributed by atoms with Gasteiger partial charge in [0.05, 0.1) is 17.4 Å². The summed E-state index contributed by atoms with van der Waals surface area (Å²) in [7, 11) is 1.97. The molecule has 0 unspecified atom stereocenters. The summed E-state index contributed by atoms with van der Waals surface area (Å²) in [6.07, 6.45) is 1.89. The third kappa shape index (κ3) is 2.05. The molecule has 1 amide bonds. The Kier molecular flexibility index (Phi) is 2.89. The second kappa shape index (κ2) is 4.57. The van der Waals surface area contributed by atoms with Crippen LogP contribution < -0.4 is 4.90 Å². The number of carbonyl (C=O) groups excluding carboxylic acids is 1. The summed E-state index contributed by atoms with van der Waals surface area (Å²) in [4.78, 5) is 15.6. The van der Waals surface area contributed by atoms with Gasteiger partial charge in [-0.05, 0) is 6.07 Å². The molecule has 0 N–H and O–H groups in total. The summed E-state index contributed by atoms with van der Waals surface area (Å²) in [6.45, 7) is 4.98. The van der Waals surface area contributed by atoms with Gasteiger partial charge in [-0.3, -0.25) is 9.48 Å². The Hall–Kier alpha value is -2.04. The molecule has 100 valence electrons. The molecule has 0 saturated carbocycles. The molecule has 1 fully saturated rings. The predicted molar refractivity (Wildman–Crippen MR) is 75.2 cm³/mol. The van der Waals surface area contributed by atoms with E-state index in [1.165, 1.54) is 11.2 Å². The number of anilines is 1. The van der Waals surface area contributed by atoms with Crippen LogP contribution in [0.5, 0.6) is 0 Å². The first-order valence-electron chi connectivity index (χ1n) is 6.58. The normalized spacial score (nSPS) is 16.1. The molecular weight excluding hydrogens is 240 g/mol. The van der Waals surface area contributed by atoms with Crippen molar-refractivity contribution in [1.82, 2.24) is 14.7 Å². The molecule has 5 nitrogen and oxygen atoms in total. The molecule has 0 bridgehead atoms. The van der Waals surface area contributed by atoms with Crippen molar-refractivity contribution in [3.05, 3.63) is 24.4 Å². The number of para-hydroxylation sites is 1. The van der Waals surface area contributed by atoms with Crippen LogP contribution in [0.4, 0.5) is 5.69 Å². The maximum atomic E-state index is 11.4. The molecule has 1 aliphatic rings. The van der Waals surface area contributed by atoms with E-state index < -0.39 is 0 Å². The number of hydrogen-bond donors (Lipinski definition) is 0. The van der Waals surface area contributed by atoms with E-state index in [4.69, 9.17) is 0 Å². The van der Waals surface area contributed by atoms with Gasteiger partial charge < -0.3 is 9.80 Å². The van der Waals surface area contributed by atoms with Gasteiger partial charge in [0.1, 0.15) is 0 Å². The average Bonchev–Trinajstić information content (AvgIpc) is 2.81. The minimum atomic E-state index is 0.165. The van der Waals surface area contributed by atoms with Crippen LogP contribution in [0, 0.1) is 0 Å². The lowest BCUT2D eigenvalue weighted by Gasteiger charge is -2.36. The molecule has 0 spiro atoms. The molecule has 1 aromatic carbocycles. The third-order valence-corrected chi connectivity index (χ3v) is 3.81. The Morgan fingerprint density at radius 2 is 1.95 bits per heavy atom. The molecule has 1 aromatic heterocycles. The maximum Gasteiger partial charge on any atom is 0.219 e. The van der Waals surface area contributed by atoms with E-state index in [0.717, 1.165) is 31.6 Å². The van der Waals surface area contributed by atoms with E-state index in [1.807, 2.05) is 22.8 Å². The highest BCUT2D eigenvalue weighted by Crippen LogP contribution is 2.26. The zero-order chi connectivity index (χ0) is 13.4. The van der Waals surface area contributed by atoms with Gasteiger partial charge in [-0.15, -0.1) is 0 Å². The fraction of sp³-hybridized carbons (Fsp3) is 0.429. The number of benzene rings is 1. The van der Waals surface area contributed by atoms with Crippen LogP contribution in [-0.2, 0) is 11.8 Å². The first-order valence-corrected chi connectivity index (χ1v) is 6.58. The lowest BCUT2D eigenvalue weighted by atomic mass is 10.2. The molecular formula is C14H18N4O. The van der Waals surface area contributed by atoms with Gasteiger partial charge in [0.15, 0.2) is 0 Å². The van der Waals surface area contributed by atoms with E-state index in [1.54, 1.807) is 6.92 Å². The summed E-state index contributed by atoms with van der Waals surface area (Å²) in [5.41, 5.74) is 2.37. The van der Waals surface area contributed by atoms with E-state index in [9.17, 15) is 4.79 Å². The molecule has 2 aromatic rings. The Balaban J connectivity index is 1.90. The van der Waals surface area contributed by atoms with E-state index >= 15 is 0 Å². The third-order valence-electron chi connectivity index (χ3n) is 3.81. The maximum absolute atomic E-state index is 11.4. The number of amides is 1. The average molecular weight is 258 g/mol. The monoisotopic (exact) mass is 258 g/mol. The zero-order valence-corrected chi connectivity index (χ0v) is 11.3. The first-order chi connectivity index (χ1) is 9.16. The van der Waals surface area contributed by atoms with Crippen molar-refractivity contribution in [3.8, 4) is 0 Å². The van der Waals surface area contributed by atoms with Crippen molar-refractivity contribution in [2.24, 2.45) is 7.05 Å². The Morgan fingerprint density at radius 3 is 2.63 bits per heavy atom. The molecule has 2 heterocycles. The number of aromatic nitrogens is 2. The van der Waals surface area contributed by atoms with Crippen molar-refractivity contribution in [2.75, 3.05) is 31.1 Å². The van der Waals surface area contributed by atoms with Gasteiger partial charge in [0.25, 0.3) is 0 Å². The highest BCUT2D eigenvalue weighted by molar-refractivity contribution is 5.91. The van der Waals surface area contributed by atoms with Gasteiger partial charge in [0.2, 0.25) is 5.91 Å². The number of piperazine rings is 1. The first kappa shape index (κ1) is 12.0. The smallest absolute Gasteiger partial charge is 0.219 e. The highest BCUT2D eigenvalue weighted by atomic mass is 16.2. The van der Waals surface area contributed by atoms with E-state index in [2.05, 4.69) is 28.2 Å². The quantitative estimate of drug-likeness (QED) is 0.773. The molecule has 1 aliphatic heterocycles. The number of hydrogen-bond acceptors (Lipinski definition) is 3. The zero-order valence-electron chi connectivity index (χ0n) is 11.3. The summed E-state index contributed by atoms with van der Waals surface area (Å²) in [5.74, 6) is 0.165. The Labute approximate surface area is 112 Å². The summed E-state index contributed by atoms with van der Waals surface area (Å²) >= 11 is 0. The topological polar surface area (TPSA) is 41.4 Å². The molecule has 3 rings (SSSR count). The molecule has 1 saturated heterocycles. The second-order valence-corrected chi connectivity index (χ2v) is 4.98. The number of aryl methyl sites for hydroxylation is 1. The minimum Gasteiger partial charge on any atom is -0.366 e. The summed E-state index contributed by atoms with van der Waals surface area (Å²) in [6, 6.07) is 6.28. The fourth-order valence-corrected chi connectivity index (χ4v) is 2.73. The van der Waals surface area contributed by atoms with Crippen LogP contribution in [-0.4, -0.2) is 46.8 Å². The van der Waals surface area contributed by atoms with Crippen LogP contribution in [0.25, 0.3) is 10.9 Å². The van der Waals surface area contributed by atoms with Crippen molar-refractivity contribution in [3.63, 3.8) is 0 Å². The lowest BCUT2D eigenvalue weighted by Crippen LogP contribution is -2.48. The van der Waals surface area contributed by atoms with Gasteiger partial charge in [-0.25, -0.2) is 0 Å².